The first-order valence-corrected chi connectivity index (χ1v) is 19.0. The van der Waals surface area contributed by atoms with Crippen molar-refractivity contribution in [2.75, 3.05) is 0 Å². The second-order valence-corrected chi connectivity index (χ2v) is 16.3. The number of carboxylic acids is 2. The zero-order valence-corrected chi connectivity index (χ0v) is 31.6. The Morgan fingerprint density at radius 1 is 0.393 bits per heavy atom. The Morgan fingerprint density at radius 2 is 0.750 bits per heavy atom. The third-order valence-electron chi connectivity index (χ3n) is 12.6. The molecule has 0 aromatic heterocycles. The Labute approximate surface area is 325 Å². The third kappa shape index (κ3) is 4.65. The average molecular weight is 727 g/mol. The molecule has 2 N–H and O–H groups in total. The molecule has 0 fully saturated rings. The number of fused-ring (bicyclic) bond motifs is 8. The smallest absolute Gasteiger partial charge is 0.336 e. The van der Waals surface area contributed by atoms with Gasteiger partial charge in [0.1, 0.15) is 0 Å². The van der Waals surface area contributed by atoms with Crippen LogP contribution in [0.4, 0.5) is 0 Å². The van der Waals surface area contributed by atoms with E-state index in [0.29, 0.717) is 33.0 Å². The summed E-state index contributed by atoms with van der Waals surface area (Å²) in [6.07, 6.45) is 0. The first-order valence-electron chi connectivity index (χ1n) is 19.0. The van der Waals surface area contributed by atoms with Crippen molar-refractivity contribution < 1.29 is 19.8 Å². The fraction of sp³-hybridized carbons (Fsp3) is 0.115. The number of hydrogen-bond acceptors (Lipinski definition) is 2. The van der Waals surface area contributed by atoms with Crippen molar-refractivity contribution in [3.05, 3.63) is 179 Å². The van der Waals surface area contributed by atoms with Gasteiger partial charge in [0, 0.05) is 22.0 Å². The zero-order valence-electron chi connectivity index (χ0n) is 31.6. The molecule has 56 heavy (non-hydrogen) atoms. The molecule has 0 atom stereocenters. The van der Waals surface area contributed by atoms with Crippen molar-refractivity contribution >= 4 is 33.5 Å². The maximum absolute atomic E-state index is 13.9. The molecule has 0 bridgehead atoms. The van der Waals surface area contributed by atoms with E-state index in [9.17, 15) is 19.8 Å². The lowest BCUT2D eigenvalue weighted by molar-refractivity contribution is 0.0685. The van der Waals surface area contributed by atoms with Gasteiger partial charge in [0.2, 0.25) is 0 Å². The first-order chi connectivity index (χ1) is 27.0. The quantitative estimate of drug-likeness (QED) is 0.185. The van der Waals surface area contributed by atoms with Gasteiger partial charge in [-0.15, -0.1) is 0 Å². The second-order valence-electron chi connectivity index (χ2n) is 16.3. The number of aromatic carboxylic acids is 2. The minimum Gasteiger partial charge on any atom is -0.478 e. The molecular formula is C52H38O4. The van der Waals surface area contributed by atoms with Gasteiger partial charge in [0.15, 0.2) is 0 Å². The highest BCUT2D eigenvalue weighted by atomic mass is 16.4. The Kier molecular flexibility index (Phi) is 7.15. The van der Waals surface area contributed by atoms with Crippen LogP contribution in [0.2, 0.25) is 0 Å². The van der Waals surface area contributed by atoms with Crippen LogP contribution in [0.1, 0.15) is 70.7 Å². The summed E-state index contributed by atoms with van der Waals surface area (Å²) < 4.78 is 0. The fourth-order valence-corrected chi connectivity index (χ4v) is 9.86. The van der Waals surface area contributed by atoms with Crippen molar-refractivity contribution in [2.45, 2.75) is 38.5 Å². The molecule has 0 aliphatic heterocycles. The fourth-order valence-electron chi connectivity index (χ4n) is 9.86. The van der Waals surface area contributed by atoms with Gasteiger partial charge in [-0.05, 0) is 113 Å². The molecule has 8 aromatic rings. The number of carboxylic acid groups (broad SMARTS) is 2. The lowest BCUT2D eigenvalue weighted by Crippen LogP contribution is -2.15. The topological polar surface area (TPSA) is 74.6 Å². The van der Waals surface area contributed by atoms with Gasteiger partial charge in [-0.25, -0.2) is 9.59 Å². The Balaban J connectivity index is 1.29. The van der Waals surface area contributed by atoms with Gasteiger partial charge in [-0.1, -0.05) is 149 Å². The standard InChI is InChI=1S/C52H38O4/c1-51(2)41-19-11-9-17-35(41)37-23-21-31(27-43(37)51)39-25-29-13-5-7-15-33(29)45(47(39)49(53)54)46-34-16-8-6-14-30(34)26-40(48(46)50(55)56)32-22-24-38-36-18-10-12-20-42(36)52(3,4)44(38)28-32/h5-28H,1-4H3,(H,53,54)(H,55,56). The highest BCUT2D eigenvalue weighted by Gasteiger charge is 2.38. The molecule has 270 valence electrons. The van der Waals surface area contributed by atoms with Crippen molar-refractivity contribution in [2.24, 2.45) is 0 Å². The van der Waals surface area contributed by atoms with Crippen LogP contribution in [0, 0.1) is 0 Å². The van der Waals surface area contributed by atoms with Crippen LogP contribution in [0.25, 0.3) is 77.2 Å². The van der Waals surface area contributed by atoms with E-state index in [1.807, 2.05) is 72.8 Å². The van der Waals surface area contributed by atoms with E-state index < -0.39 is 11.9 Å². The predicted molar refractivity (Wildman–Crippen MR) is 227 cm³/mol. The molecule has 2 aliphatic rings. The van der Waals surface area contributed by atoms with Gasteiger partial charge in [-0.3, -0.25) is 0 Å². The van der Waals surface area contributed by atoms with Crippen LogP contribution in [-0.2, 0) is 10.8 Å². The molecule has 4 heteroatoms. The normalized spacial score (nSPS) is 14.3. The minimum atomic E-state index is -1.12. The minimum absolute atomic E-state index is 0.0762. The maximum Gasteiger partial charge on any atom is 0.336 e. The Bertz CT molecular complexity index is 2830. The number of rotatable bonds is 5. The summed E-state index contributed by atoms with van der Waals surface area (Å²) in [6.45, 7) is 8.84. The lowest BCUT2D eigenvalue weighted by atomic mass is 9.78. The number of carbonyl (C=O) groups is 2. The third-order valence-corrected chi connectivity index (χ3v) is 12.6. The van der Waals surface area contributed by atoms with E-state index in [1.165, 1.54) is 22.3 Å². The SMILES string of the molecule is CC1(C)c2ccccc2-c2ccc(-c3cc4ccccc4c(-c4c(C(=O)O)c(-c5ccc6c(c5)C(C)(C)c5ccccc5-6)cc5ccccc45)c3C(=O)O)cc21. The van der Waals surface area contributed by atoms with Crippen LogP contribution in [0.15, 0.2) is 146 Å². The van der Waals surface area contributed by atoms with Crippen LogP contribution in [0.3, 0.4) is 0 Å². The van der Waals surface area contributed by atoms with E-state index in [1.54, 1.807) is 0 Å². The molecule has 8 aromatic carbocycles. The molecule has 10 rings (SSSR count). The monoisotopic (exact) mass is 726 g/mol. The highest BCUT2D eigenvalue weighted by Crippen LogP contribution is 2.53. The van der Waals surface area contributed by atoms with Crippen molar-refractivity contribution in [1.82, 2.24) is 0 Å². The molecule has 0 spiro atoms. The molecule has 4 nitrogen and oxygen atoms in total. The van der Waals surface area contributed by atoms with Crippen molar-refractivity contribution in [1.29, 1.82) is 0 Å². The summed E-state index contributed by atoms with van der Waals surface area (Å²) in [6, 6.07) is 48.7. The number of benzene rings is 8. The summed E-state index contributed by atoms with van der Waals surface area (Å²) in [4.78, 5) is 27.8. The number of hydrogen-bond donors (Lipinski definition) is 2. The summed E-state index contributed by atoms with van der Waals surface area (Å²) in [5, 5.41) is 25.7. The van der Waals surface area contributed by atoms with Gasteiger partial charge in [0.25, 0.3) is 0 Å². The first kappa shape index (κ1) is 33.8. The van der Waals surface area contributed by atoms with Gasteiger partial charge < -0.3 is 10.2 Å². The van der Waals surface area contributed by atoms with Crippen LogP contribution >= 0.6 is 0 Å². The molecule has 0 heterocycles. The summed E-state index contributed by atoms with van der Waals surface area (Å²) >= 11 is 0. The summed E-state index contributed by atoms with van der Waals surface area (Å²) in [7, 11) is 0. The van der Waals surface area contributed by atoms with Crippen molar-refractivity contribution in [3.63, 3.8) is 0 Å². The van der Waals surface area contributed by atoms with E-state index in [4.69, 9.17) is 0 Å². The molecule has 0 saturated heterocycles. The zero-order chi connectivity index (χ0) is 38.7. The second kappa shape index (κ2) is 11.9. The largest absolute Gasteiger partial charge is 0.478 e. The Morgan fingerprint density at radius 3 is 1.16 bits per heavy atom. The summed E-state index contributed by atoms with van der Waals surface area (Å²) in [5.74, 6) is -2.24. The van der Waals surface area contributed by atoms with E-state index in [0.717, 1.165) is 44.2 Å². The van der Waals surface area contributed by atoms with Crippen molar-refractivity contribution in [3.8, 4) is 55.6 Å². The molecule has 0 radical (unpaired) electrons. The molecule has 2 aliphatic carbocycles. The average Bonchev–Trinajstić information content (AvgIpc) is 3.58. The lowest BCUT2D eigenvalue weighted by Gasteiger charge is -2.24. The molecular weight excluding hydrogens is 689 g/mol. The highest BCUT2D eigenvalue weighted by molar-refractivity contribution is 6.22. The molecule has 0 saturated carbocycles. The van der Waals surface area contributed by atoms with Crippen LogP contribution in [-0.4, -0.2) is 22.2 Å². The Hall–Kier alpha value is -6.78. The molecule has 0 amide bonds. The van der Waals surface area contributed by atoms with Crippen LogP contribution < -0.4 is 0 Å². The van der Waals surface area contributed by atoms with Gasteiger partial charge in [0.05, 0.1) is 11.1 Å². The maximum atomic E-state index is 13.9. The van der Waals surface area contributed by atoms with E-state index in [2.05, 4.69) is 100 Å². The molecule has 0 unspecified atom stereocenters. The van der Waals surface area contributed by atoms with Crippen LogP contribution in [0.5, 0.6) is 0 Å². The van der Waals surface area contributed by atoms with E-state index >= 15 is 0 Å². The van der Waals surface area contributed by atoms with E-state index in [-0.39, 0.29) is 22.0 Å². The summed E-state index contributed by atoms with van der Waals surface area (Å²) in [5.41, 5.74) is 12.4. The van der Waals surface area contributed by atoms with Gasteiger partial charge in [-0.2, -0.15) is 0 Å². The van der Waals surface area contributed by atoms with Gasteiger partial charge >= 0.3 is 11.9 Å². The predicted octanol–water partition coefficient (Wildman–Crippen LogP) is 13.0.